The second-order valence-corrected chi connectivity index (χ2v) is 8.01. The van der Waals surface area contributed by atoms with E-state index in [-0.39, 0.29) is 23.4 Å². The Bertz CT molecular complexity index is 817. The van der Waals surface area contributed by atoms with Crippen LogP contribution in [-0.4, -0.2) is 46.3 Å². The van der Waals surface area contributed by atoms with Crippen LogP contribution in [0.3, 0.4) is 0 Å². The number of furan rings is 1. The van der Waals surface area contributed by atoms with E-state index in [1.807, 2.05) is 47.1 Å². The van der Waals surface area contributed by atoms with Crippen LogP contribution in [0.4, 0.5) is 0 Å². The Hall–Kier alpha value is -2.30. The number of para-hydroxylation sites is 1. The Morgan fingerprint density at radius 1 is 1.22 bits per heavy atom. The van der Waals surface area contributed by atoms with Gasteiger partial charge in [-0.15, -0.1) is 0 Å². The molecule has 1 aromatic heterocycles. The van der Waals surface area contributed by atoms with Gasteiger partial charge in [-0.1, -0.05) is 37.5 Å². The third kappa shape index (κ3) is 3.13. The van der Waals surface area contributed by atoms with Gasteiger partial charge in [0.1, 0.15) is 5.58 Å². The average Bonchev–Trinajstić information content (AvgIpc) is 3.24. The molecule has 2 amide bonds. The summed E-state index contributed by atoms with van der Waals surface area (Å²) in [5, 5.41) is 0.952. The highest BCUT2D eigenvalue weighted by atomic mass is 16.3. The van der Waals surface area contributed by atoms with Crippen LogP contribution in [0.1, 0.15) is 62.9 Å². The summed E-state index contributed by atoms with van der Waals surface area (Å²) in [5.74, 6) is 0.467. The van der Waals surface area contributed by atoms with Gasteiger partial charge in [0, 0.05) is 30.9 Å². The van der Waals surface area contributed by atoms with Crippen molar-refractivity contribution in [2.75, 3.05) is 13.1 Å². The molecule has 1 spiro atoms. The molecule has 2 fully saturated rings. The van der Waals surface area contributed by atoms with Gasteiger partial charge in [0.25, 0.3) is 5.91 Å². The summed E-state index contributed by atoms with van der Waals surface area (Å²) < 4.78 is 5.87. The molecule has 27 heavy (non-hydrogen) atoms. The molecule has 1 aliphatic carbocycles. The quantitative estimate of drug-likeness (QED) is 0.815. The summed E-state index contributed by atoms with van der Waals surface area (Å²) in [7, 11) is 0. The van der Waals surface area contributed by atoms with Crippen LogP contribution in [0, 0.1) is 0 Å². The van der Waals surface area contributed by atoms with Gasteiger partial charge in [-0.3, -0.25) is 9.59 Å². The number of benzene rings is 1. The number of amides is 2. The third-order valence-corrected chi connectivity index (χ3v) is 6.43. The van der Waals surface area contributed by atoms with E-state index in [4.69, 9.17) is 4.42 Å². The van der Waals surface area contributed by atoms with Crippen molar-refractivity contribution in [3.05, 3.63) is 36.1 Å². The first kappa shape index (κ1) is 18.1. The van der Waals surface area contributed by atoms with E-state index in [1.54, 1.807) is 6.92 Å². The number of fused-ring (bicyclic) bond motifs is 1. The van der Waals surface area contributed by atoms with E-state index in [1.165, 1.54) is 6.42 Å². The van der Waals surface area contributed by atoms with Crippen LogP contribution in [-0.2, 0) is 4.79 Å². The van der Waals surface area contributed by atoms with Gasteiger partial charge in [0.15, 0.2) is 5.76 Å². The molecule has 2 aliphatic rings. The highest BCUT2D eigenvalue weighted by Crippen LogP contribution is 2.44. The molecule has 0 bridgehead atoms. The summed E-state index contributed by atoms with van der Waals surface area (Å²) >= 11 is 0. The second kappa shape index (κ2) is 7.02. The molecule has 0 N–H and O–H groups in total. The van der Waals surface area contributed by atoms with Crippen LogP contribution in [0.25, 0.3) is 11.0 Å². The van der Waals surface area contributed by atoms with Crippen molar-refractivity contribution >= 4 is 22.8 Å². The number of hydrogen-bond donors (Lipinski definition) is 0. The van der Waals surface area contributed by atoms with Gasteiger partial charge in [0.05, 0.1) is 6.04 Å². The number of rotatable bonds is 3. The zero-order chi connectivity index (χ0) is 19.0. The summed E-state index contributed by atoms with van der Waals surface area (Å²) in [5.41, 5.74) is 0.607. The molecule has 1 atom stereocenters. The number of carbonyl (C=O) groups is 2. The van der Waals surface area contributed by atoms with E-state index >= 15 is 0 Å². The molecule has 1 saturated heterocycles. The maximum Gasteiger partial charge on any atom is 0.290 e. The maximum absolute atomic E-state index is 13.4. The van der Waals surface area contributed by atoms with Gasteiger partial charge in [-0.05, 0) is 38.3 Å². The summed E-state index contributed by atoms with van der Waals surface area (Å²) in [6.45, 7) is 4.92. The van der Waals surface area contributed by atoms with Gasteiger partial charge in [0.2, 0.25) is 5.91 Å². The fraction of sp³-hybridized carbons (Fsp3) is 0.545. The summed E-state index contributed by atoms with van der Waals surface area (Å²) in [4.78, 5) is 29.5. The molecule has 0 unspecified atom stereocenters. The van der Waals surface area contributed by atoms with Crippen molar-refractivity contribution in [2.45, 2.75) is 64.0 Å². The first-order chi connectivity index (χ1) is 13.0. The molecule has 5 nitrogen and oxygen atoms in total. The van der Waals surface area contributed by atoms with Gasteiger partial charge >= 0.3 is 0 Å². The lowest BCUT2D eigenvalue weighted by atomic mass is 9.79. The Labute approximate surface area is 160 Å². The molecular weight excluding hydrogens is 340 g/mol. The largest absolute Gasteiger partial charge is 0.451 e. The molecular formula is C22H28N2O3. The fourth-order valence-corrected chi connectivity index (χ4v) is 5.17. The van der Waals surface area contributed by atoms with Crippen molar-refractivity contribution < 1.29 is 14.0 Å². The van der Waals surface area contributed by atoms with Gasteiger partial charge in [-0.2, -0.15) is 0 Å². The molecule has 1 saturated carbocycles. The fourth-order valence-electron chi connectivity index (χ4n) is 5.17. The van der Waals surface area contributed by atoms with Crippen molar-refractivity contribution in [2.24, 2.45) is 0 Å². The normalized spacial score (nSPS) is 21.7. The zero-order valence-corrected chi connectivity index (χ0v) is 16.2. The van der Waals surface area contributed by atoms with Gasteiger partial charge < -0.3 is 14.2 Å². The summed E-state index contributed by atoms with van der Waals surface area (Å²) in [6, 6.07) is 9.67. The van der Waals surface area contributed by atoms with E-state index < -0.39 is 0 Å². The van der Waals surface area contributed by atoms with Crippen molar-refractivity contribution in [3.8, 4) is 0 Å². The van der Waals surface area contributed by atoms with Crippen molar-refractivity contribution in [3.63, 3.8) is 0 Å². The van der Waals surface area contributed by atoms with E-state index in [0.717, 1.165) is 43.1 Å². The van der Waals surface area contributed by atoms with Crippen LogP contribution in [0.15, 0.2) is 34.7 Å². The average molecular weight is 368 g/mol. The second-order valence-electron chi connectivity index (χ2n) is 8.01. The molecule has 1 aromatic carbocycles. The Morgan fingerprint density at radius 2 is 1.96 bits per heavy atom. The minimum Gasteiger partial charge on any atom is -0.451 e. The monoisotopic (exact) mass is 368 g/mol. The molecule has 5 heteroatoms. The Kier molecular flexibility index (Phi) is 4.70. The summed E-state index contributed by atoms with van der Waals surface area (Å²) in [6.07, 6.45) is 6.43. The molecule has 4 rings (SSSR count). The van der Waals surface area contributed by atoms with Crippen LogP contribution >= 0.6 is 0 Å². The third-order valence-electron chi connectivity index (χ3n) is 6.43. The SMILES string of the molecule is CCN(C(C)=O)[C@@H]1CN(C(=O)c2cc3ccccc3o2)C2(CCCCC2)C1. The molecule has 2 heterocycles. The topological polar surface area (TPSA) is 53.8 Å². The first-order valence-corrected chi connectivity index (χ1v) is 10.1. The van der Waals surface area contributed by atoms with Crippen molar-refractivity contribution in [1.82, 2.24) is 9.80 Å². The predicted molar refractivity (Wildman–Crippen MR) is 105 cm³/mol. The molecule has 2 aromatic rings. The first-order valence-electron chi connectivity index (χ1n) is 10.1. The molecule has 1 aliphatic heterocycles. The molecule has 144 valence electrons. The smallest absolute Gasteiger partial charge is 0.290 e. The van der Waals surface area contributed by atoms with E-state index in [0.29, 0.717) is 18.8 Å². The number of likely N-dealkylation sites (tertiary alicyclic amines) is 1. The van der Waals surface area contributed by atoms with Gasteiger partial charge in [-0.25, -0.2) is 0 Å². The Balaban J connectivity index is 1.67. The number of likely N-dealkylation sites (N-methyl/N-ethyl adjacent to an activating group) is 1. The lowest BCUT2D eigenvalue weighted by molar-refractivity contribution is -0.130. The zero-order valence-electron chi connectivity index (χ0n) is 16.2. The maximum atomic E-state index is 13.4. The Morgan fingerprint density at radius 3 is 2.63 bits per heavy atom. The van der Waals surface area contributed by atoms with E-state index in [2.05, 4.69) is 0 Å². The predicted octanol–water partition coefficient (Wildman–Crippen LogP) is 4.22. The van der Waals surface area contributed by atoms with Crippen LogP contribution in [0.2, 0.25) is 0 Å². The lowest BCUT2D eigenvalue weighted by Crippen LogP contribution is -2.48. The minimum absolute atomic E-state index is 0.0322. The number of carbonyl (C=O) groups excluding carboxylic acids is 2. The van der Waals surface area contributed by atoms with E-state index in [9.17, 15) is 9.59 Å². The minimum atomic E-state index is -0.137. The standard InChI is InChI=1S/C22H28N2O3/c1-3-23(16(2)25)18-14-22(11-7-4-8-12-22)24(15-18)21(26)20-13-17-9-5-6-10-19(17)27-20/h5-6,9-10,13,18H,3-4,7-8,11-12,14-15H2,1-2H3/t18-/m0/s1. The van der Waals surface area contributed by atoms with Crippen molar-refractivity contribution in [1.29, 1.82) is 0 Å². The number of hydrogen-bond acceptors (Lipinski definition) is 3. The highest BCUT2D eigenvalue weighted by molar-refractivity contribution is 5.96. The highest BCUT2D eigenvalue weighted by Gasteiger charge is 2.50. The van der Waals surface area contributed by atoms with Crippen LogP contribution in [0.5, 0.6) is 0 Å². The molecule has 0 radical (unpaired) electrons. The van der Waals surface area contributed by atoms with Crippen LogP contribution < -0.4 is 0 Å². The number of nitrogens with zero attached hydrogens (tertiary/aromatic N) is 2. The lowest BCUT2D eigenvalue weighted by Gasteiger charge is -2.41.